The van der Waals surface area contributed by atoms with Gasteiger partial charge in [-0.3, -0.25) is 0 Å². The summed E-state index contributed by atoms with van der Waals surface area (Å²) in [4.78, 5) is 0. The van der Waals surface area contributed by atoms with E-state index in [1.54, 1.807) is 12.1 Å². The average Bonchev–Trinajstić information content (AvgIpc) is 2.36. The van der Waals surface area contributed by atoms with Crippen LogP contribution in [0.2, 0.25) is 10.0 Å². The number of hydrogen-bond acceptors (Lipinski definition) is 2. The molecular weight excluding hydrogens is 417 g/mol. The monoisotopic (exact) mass is 423 g/mol. The van der Waals surface area contributed by atoms with E-state index in [9.17, 15) is 0 Å². The summed E-state index contributed by atoms with van der Waals surface area (Å²) >= 11 is 18.9. The zero-order valence-corrected chi connectivity index (χ0v) is 14.3. The van der Waals surface area contributed by atoms with Crippen molar-refractivity contribution >= 4 is 55.1 Å². The Kier molecular flexibility index (Phi) is 5.15. The summed E-state index contributed by atoms with van der Waals surface area (Å²) < 4.78 is 7.42. The Bertz CT molecular complexity index is 620. The van der Waals surface area contributed by atoms with Crippen molar-refractivity contribution in [1.82, 2.24) is 0 Å². The molecule has 6 heteroatoms. The van der Waals surface area contributed by atoms with Crippen molar-refractivity contribution in [1.29, 1.82) is 0 Å². The molecule has 0 aliphatic rings. The molecule has 0 radical (unpaired) electrons. The Hall–Kier alpha value is -0.260. The fourth-order valence-electron chi connectivity index (χ4n) is 1.49. The van der Waals surface area contributed by atoms with E-state index in [-0.39, 0.29) is 0 Å². The topological polar surface area (TPSA) is 35.2 Å². The fourth-order valence-corrected chi connectivity index (χ4v) is 2.66. The third-order valence-corrected chi connectivity index (χ3v) is 4.43. The number of nitrogens with two attached hydrogens (primary N) is 1. The van der Waals surface area contributed by atoms with Gasteiger partial charge >= 0.3 is 0 Å². The minimum absolute atomic E-state index is 0.379. The van der Waals surface area contributed by atoms with E-state index in [1.165, 1.54) is 0 Å². The second-order valence-electron chi connectivity index (χ2n) is 3.75. The van der Waals surface area contributed by atoms with Crippen LogP contribution < -0.4 is 10.5 Å². The van der Waals surface area contributed by atoms with Crippen LogP contribution in [0.1, 0.15) is 5.56 Å². The first kappa shape index (κ1) is 15.1. The standard InChI is InChI=1S/C13H9Br2Cl2NO/c14-8-2-1-7(6-18)12(3-8)19-13-5-10(16)9(15)4-11(13)17/h1-5H,6,18H2. The summed E-state index contributed by atoms with van der Waals surface area (Å²) in [5, 5.41) is 1.00. The van der Waals surface area contributed by atoms with E-state index in [2.05, 4.69) is 31.9 Å². The summed E-state index contributed by atoms with van der Waals surface area (Å²) in [6.45, 7) is 0.379. The Morgan fingerprint density at radius 3 is 2.42 bits per heavy atom. The van der Waals surface area contributed by atoms with Crippen molar-refractivity contribution in [2.75, 3.05) is 0 Å². The molecule has 2 aromatic carbocycles. The van der Waals surface area contributed by atoms with Crippen molar-refractivity contribution in [2.24, 2.45) is 5.73 Å². The van der Waals surface area contributed by atoms with E-state index in [4.69, 9.17) is 33.7 Å². The molecular formula is C13H9Br2Cl2NO. The lowest BCUT2D eigenvalue weighted by Gasteiger charge is -2.12. The zero-order chi connectivity index (χ0) is 14.0. The Morgan fingerprint density at radius 1 is 1.00 bits per heavy atom. The largest absolute Gasteiger partial charge is 0.455 e. The molecule has 0 saturated heterocycles. The second-order valence-corrected chi connectivity index (χ2v) is 6.34. The Balaban J connectivity index is 2.41. The van der Waals surface area contributed by atoms with Gasteiger partial charge in [0, 0.05) is 27.1 Å². The van der Waals surface area contributed by atoms with Crippen LogP contribution in [0.3, 0.4) is 0 Å². The smallest absolute Gasteiger partial charge is 0.147 e. The van der Waals surface area contributed by atoms with Crippen molar-refractivity contribution < 1.29 is 4.74 Å². The zero-order valence-electron chi connectivity index (χ0n) is 9.59. The summed E-state index contributed by atoms with van der Waals surface area (Å²) in [5.74, 6) is 1.14. The minimum Gasteiger partial charge on any atom is -0.455 e. The molecule has 100 valence electrons. The van der Waals surface area contributed by atoms with Crippen LogP contribution in [-0.4, -0.2) is 0 Å². The maximum Gasteiger partial charge on any atom is 0.147 e. The molecule has 0 aromatic heterocycles. The van der Waals surface area contributed by atoms with Crippen LogP contribution in [0.4, 0.5) is 0 Å². The highest BCUT2D eigenvalue weighted by atomic mass is 79.9. The molecule has 0 aliphatic carbocycles. The van der Waals surface area contributed by atoms with Gasteiger partial charge in [-0.25, -0.2) is 0 Å². The highest BCUT2D eigenvalue weighted by molar-refractivity contribution is 9.10. The van der Waals surface area contributed by atoms with Gasteiger partial charge in [-0.1, -0.05) is 45.2 Å². The van der Waals surface area contributed by atoms with Gasteiger partial charge in [-0.05, 0) is 34.1 Å². The van der Waals surface area contributed by atoms with Gasteiger partial charge in [0.1, 0.15) is 11.5 Å². The molecule has 2 N–H and O–H groups in total. The van der Waals surface area contributed by atoms with Crippen molar-refractivity contribution in [3.8, 4) is 11.5 Å². The normalized spacial score (nSPS) is 10.6. The second kappa shape index (κ2) is 6.46. The Morgan fingerprint density at radius 2 is 1.74 bits per heavy atom. The summed E-state index contributed by atoms with van der Waals surface area (Å²) in [5.41, 5.74) is 6.57. The first-order chi connectivity index (χ1) is 9.01. The molecule has 19 heavy (non-hydrogen) atoms. The van der Waals surface area contributed by atoms with Gasteiger partial charge in [0.15, 0.2) is 0 Å². The number of ether oxygens (including phenoxy) is 1. The number of hydrogen-bond donors (Lipinski definition) is 1. The first-order valence-corrected chi connectivity index (χ1v) is 7.66. The van der Waals surface area contributed by atoms with Crippen molar-refractivity contribution in [2.45, 2.75) is 6.54 Å². The van der Waals surface area contributed by atoms with Gasteiger partial charge in [-0.15, -0.1) is 0 Å². The fraction of sp³-hybridized carbons (Fsp3) is 0.0769. The minimum atomic E-state index is 0.379. The van der Waals surface area contributed by atoms with Crippen molar-refractivity contribution in [3.05, 3.63) is 54.9 Å². The molecule has 0 fully saturated rings. The Labute approximate surface area is 138 Å². The highest BCUT2D eigenvalue weighted by Gasteiger charge is 2.10. The lowest BCUT2D eigenvalue weighted by Crippen LogP contribution is -1.99. The van der Waals surface area contributed by atoms with Gasteiger partial charge in [0.25, 0.3) is 0 Å². The molecule has 0 aliphatic heterocycles. The third-order valence-electron chi connectivity index (χ3n) is 2.44. The molecule has 0 spiro atoms. The predicted molar refractivity (Wildman–Crippen MR) is 86.3 cm³/mol. The molecule has 0 saturated carbocycles. The summed E-state index contributed by atoms with van der Waals surface area (Å²) in [7, 11) is 0. The number of rotatable bonds is 3. The summed E-state index contributed by atoms with van der Waals surface area (Å²) in [6.07, 6.45) is 0. The quantitative estimate of drug-likeness (QED) is 0.633. The van der Waals surface area contributed by atoms with E-state index in [1.807, 2.05) is 18.2 Å². The molecule has 2 aromatic rings. The van der Waals surface area contributed by atoms with E-state index >= 15 is 0 Å². The third kappa shape index (κ3) is 3.64. The molecule has 0 atom stereocenters. The van der Waals surface area contributed by atoms with E-state index in [0.717, 1.165) is 14.5 Å². The first-order valence-electron chi connectivity index (χ1n) is 5.32. The van der Waals surface area contributed by atoms with E-state index in [0.29, 0.717) is 28.1 Å². The van der Waals surface area contributed by atoms with Crippen LogP contribution in [0.25, 0.3) is 0 Å². The van der Waals surface area contributed by atoms with Crippen molar-refractivity contribution in [3.63, 3.8) is 0 Å². The molecule has 0 unspecified atom stereocenters. The van der Waals surface area contributed by atoms with E-state index < -0.39 is 0 Å². The maximum atomic E-state index is 6.13. The SMILES string of the molecule is NCc1ccc(Br)cc1Oc1cc(Cl)c(Br)cc1Cl. The molecule has 0 heterocycles. The molecule has 0 bridgehead atoms. The van der Waals surface area contributed by atoms with Crippen LogP contribution in [0.5, 0.6) is 11.5 Å². The van der Waals surface area contributed by atoms with Crippen LogP contribution in [-0.2, 0) is 6.54 Å². The average molecular weight is 426 g/mol. The summed E-state index contributed by atoms with van der Waals surface area (Å²) in [6, 6.07) is 9.00. The van der Waals surface area contributed by atoms with Crippen LogP contribution in [0, 0.1) is 0 Å². The van der Waals surface area contributed by atoms with Crippen LogP contribution in [0.15, 0.2) is 39.3 Å². The molecule has 2 nitrogen and oxygen atoms in total. The predicted octanol–water partition coefficient (Wildman–Crippen LogP) is 5.77. The van der Waals surface area contributed by atoms with Gasteiger partial charge < -0.3 is 10.5 Å². The van der Waals surface area contributed by atoms with Gasteiger partial charge in [-0.2, -0.15) is 0 Å². The van der Waals surface area contributed by atoms with Gasteiger partial charge in [0.2, 0.25) is 0 Å². The van der Waals surface area contributed by atoms with Crippen LogP contribution >= 0.6 is 55.1 Å². The number of benzene rings is 2. The maximum absolute atomic E-state index is 6.13. The highest BCUT2D eigenvalue weighted by Crippen LogP contribution is 2.37. The molecule has 0 amide bonds. The lowest BCUT2D eigenvalue weighted by atomic mass is 10.2. The molecule has 2 rings (SSSR count). The lowest BCUT2D eigenvalue weighted by molar-refractivity contribution is 0.476. The van der Waals surface area contributed by atoms with Gasteiger partial charge in [0.05, 0.1) is 10.0 Å². The number of halogens is 4.